The Bertz CT molecular complexity index is 1510. The van der Waals surface area contributed by atoms with Gasteiger partial charge in [-0.2, -0.15) is 4.37 Å². The maximum atomic E-state index is 13.4. The molecule has 17 heteroatoms. The number of nitrogens with zero attached hydrogens (tertiary/aromatic N) is 3. The highest BCUT2D eigenvalue weighted by Crippen LogP contribution is 2.42. The van der Waals surface area contributed by atoms with Gasteiger partial charge in [0.15, 0.2) is 16.2 Å². The van der Waals surface area contributed by atoms with E-state index < -0.39 is 53.5 Å². The number of esters is 2. The van der Waals surface area contributed by atoms with Crippen LogP contribution >= 0.6 is 47.5 Å². The van der Waals surface area contributed by atoms with E-state index in [2.05, 4.69) is 20.0 Å². The van der Waals surface area contributed by atoms with E-state index in [0.29, 0.717) is 27.8 Å². The van der Waals surface area contributed by atoms with Gasteiger partial charge < -0.3 is 25.2 Å². The number of rotatable bonds is 11. The molecule has 4 heterocycles. The molecule has 3 N–H and O–H groups in total. The number of aromatic nitrogens is 2. The molecule has 2 aromatic rings. The van der Waals surface area contributed by atoms with Gasteiger partial charge in [0.2, 0.25) is 6.79 Å². The van der Waals surface area contributed by atoms with E-state index in [-0.39, 0.29) is 41.1 Å². The van der Waals surface area contributed by atoms with Crippen LogP contribution in [0.5, 0.6) is 0 Å². The minimum absolute atomic E-state index is 0. The molecule has 0 bridgehead atoms. The summed E-state index contributed by atoms with van der Waals surface area (Å²) < 4.78 is 15.0. The molecule has 0 saturated carbocycles. The van der Waals surface area contributed by atoms with E-state index in [0.717, 1.165) is 13.0 Å². The number of hydrogen-bond acceptors (Lipinski definition) is 14. The molecular formula is C29H34ClN5O8S3. The van der Waals surface area contributed by atoms with Gasteiger partial charge in [-0.1, -0.05) is 36.0 Å². The fraction of sp³-hybridized carbons (Fsp3) is 0.483. The monoisotopic (exact) mass is 711 g/mol. The first kappa shape index (κ1) is 35.8. The third kappa shape index (κ3) is 7.74. The second-order valence-corrected chi connectivity index (χ2v) is 14.7. The van der Waals surface area contributed by atoms with Crippen molar-refractivity contribution >= 4 is 77.0 Å². The van der Waals surface area contributed by atoms with Crippen LogP contribution < -0.4 is 10.6 Å². The zero-order valence-electron chi connectivity index (χ0n) is 25.2. The zero-order valence-corrected chi connectivity index (χ0v) is 28.5. The molecule has 46 heavy (non-hydrogen) atoms. The van der Waals surface area contributed by atoms with Crippen LogP contribution in [-0.4, -0.2) is 91.2 Å². The second kappa shape index (κ2) is 15.3. The third-order valence-electron chi connectivity index (χ3n) is 7.39. The van der Waals surface area contributed by atoms with Gasteiger partial charge in [0.25, 0.3) is 11.8 Å². The van der Waals surface area contributed by atoms with Crippen molar-refractivity contribution in [2.75, 3.05) is 24.8 Å². The molecule has 2 unspecified atom stereocenters. The van der Waals surface area contributed by atoms with Gasteiger partial charge in [0.05, 0.1) is 11.5 Å². The van der Waals surface area contributed by atoms with Gasteiger partial charge in [-0.05, 0) is 57.3 Å². The van der Waals surface area contributed by atoms with E-state index in [1.807, 2.05) is 0 Å². The molecule has 2 saturated heterocycles. The van der Waals surface area contributed by atoms with Crippen LogP contribution in [0.1, 0.15) is 55.6 Å². The molecule has 2 fully saturated rings. The van der Waals surface area contributed by atoms with Crippen LogP contribution in [-0.2, 0) is 28.7 Å². The van der Waals surface area contributed by atoms with Gasteiger partial charge in [-0.25, -0.2) is 9.78 Å². The summed E-state index contributed by atoms with van der Waals surface area (Å²) in [6, 6.07) is 4.96. The number of β-lactam (4-membered cyclic amide) rings is 1. The summed E-state index contributed by atoms with van der Waals surface area (Å²) in [5.74, 6) is -2.35. The Morgan fingerprint density at radius 2 is 1.98 bits per heavy atom. The first-order valence-electron chi connectivity index (χ1n) is 14.2. The quantitative estimate of drug-likeness (QED) is 0.102. The summed E-state index contributed by atoms with van der Waals surface area (Å²) in [5.41, 5.74) is 0.213. The molecule has 13 nitrogen and oxygen atoms in total. The fourth-order valence-electron chi connectivity index (χ4n) is 5.01. The summed E-state index contributed by atoms with van der Waals surface area (Å²) in [5, 5.41) is 16.1. The highest BCUT2D eigenvalue weighted by atomic mass is 35.5. The summed E-state index contributed by atoms with van der Waals surface area (Å²) in [7, 11) is 0. The first-order valence-corrected chi connectivity index (χ1v) is 17.0. The SMILES string of the molecule is CC(C)(C)C(=O)OCOC(=O)C1=C(CSc2ncns2)CS[C@H]2C(NC(=O)C(O)c3ccccc3C(=O)[C@@H]3CCCN3)C(=O)N12.Cl. The molecule has 1 aromatic carbocycles. The molecule has 5 rings (SSSR count). The average molecular weight is 712 g/mol. The second-order valence-electron chi connectivity index (χ2n) is 11.6. The Hall–Kier alpha value is -3.02. The summed E-state index contributed by atoms with van der Waals surface area (Å²) in [4.78, 5) is 70.6. The number of halogens is 1. The van der Waals surface area contributed by atoms with Gasteiger partial charge in [-0.15, -0.1) is 24.2 Å². The lowest BCUT2D eigenvalue weighted by Gasteiger charge is -2.49. The van der Waals surface area contributed by atoms with Crippen molar-refractivity contribution < 1.29 is 38.6 Å². The lowest BCUT2D eigenvalue weighted by atomic mass is 9.94. The zero-order chi connectivity index (χ0) is 32.3. The van der Waals surface area contributed by atoms with Crippen LogP contribution in [0.4, 0.5) is 0 Å². The largest absolute Gasteiger partial charge is 0.427 e. The van der Waals surface area contributed by atoms with Gasteiger partial charge in [-0.3, -0.25) is 24.1 Å². The maximum absolute atomic E-state index is 13.4. The molecule has 1 aromatic heterocycles. The van der Waals surface area contributed by atoms with Crippen molar-refractivity contribution in [3.63, 3.8) is 0 Å². The van der Waals surface area contributed by atoms with Gasteiger partial charge in [0.1, 0.15) is 23.4 Å². The number of Topliss-reactive ketones (excluding diaryl/α,β-unsaturated/α-hetero) is 1. The average Bonchev–Trinajstić information content (AvgIpc) is 3.76. The van der Waals surface area contributed by atoms with Crippen molar-refractivity contribution in [2.24, 2.45) is 5.41 Å². The highest BCUT2D eigenvalue weighted by molar-refractivity contribution is 8.01. The maximum Gasteiger partial charge on any atom is 0.357 e. The molecule has 0 aliphatic carbocycles. The Kier molecular flexibility index (Phi) is 11.9. The minimum Gasteiger partial charge on any atom is -0.427 e. The number of thioether (sulfide) groups is 2. The molecular weight excluding hydrogens is 678 g/mol. The number of ether oxygens (including phenoxy) is 2. The van der Waals surface area contributed by atoms with Crippen LogP contribution in [0.2, 0.25) is 0 Å². The lowest BCUT2D eigenvalue weighted by molar-refractivity contribution is -0.173. The van der Waals surface area contributed by atoms with E-state index in [1.54, 1.807) is 39.0 Å². The highest BCUT2D eigenvalue weighted by Gasteiger charge is 2.55. The standard InChI is InChI=1S/C29H33N5O8S3.ClH/c1-29(2,3)27(40)42-14-41-26(39)20-15(12-44-28-31-13-32-45-28)11-43-25-19(24(38)34(20)25)33-23(37)22(36)17-8-5-4-7-16(17)21(35)18-9-6-10-30-18;/h4-5,7-8,13,18-19,22,25,30,36H,6,9-12,14H2,1-3H3,(H,33,37);1H/t18-,19?,22?,25-;/m0./s1. The molecule has 248 valence electrons. The number of benzene rings is 1. The van der Waals surface area contributed by atoms with Crippen LogP contribution in [0, 0.1) is 5.41 Å². The Balaban J connectivity index is 0.00000480. The lowest BCUT2D eigenvalue weighted by Crippen LogP contribution is -2.71. The molecule has 2 amide bonds. The molecule has 0 radical (unpaired) electrons. The molecule has 3 aliphatic rings. The fourth-order valence-corrected chi connectivity index (χ4v) is 7.94. The number of amides is 2. The molecule has 4 atom stereocenters. The van der Waals surface area contributed by atoms with E-state index >= 15 is 0 Å². The number of aliphatic hydroxyl groups is 1. The first-order chi connectivity index (χ1) is 21.5. The topological polar surface area (TPSA) is 177 Å². The van der Waals surface area contributed by atoms with Crippen molar-refractivity contribution in [3.05, 3.63) is 53.0 Å². The number of nitrogens with one attached hydrogen (secondary N) is 2. The summed E-state index contributed by atoms with van der Waals surface area (Å²) in [6.07, 6.45) is 1.25. The summed E-state index contributed by atoms with van der Waals surface area (Å²) >= 11 is 3.89. The minimum atomic E-state index is -1.70. The van der Waals surface area contributed by atoms with Crippen molar-refractivity contribution in [1.29, 1.82) is 0 Å². The molecule has 0 spiro atoms. The Labute approximate surface area is 284 Å². The van der Waals surface area contributed by atoms with Crippen LogP contribution in [0.25, 0.3) is 0 Å². The van der Waals surface area contributed by atoms with E-state index in [4.69, 9.17) is 9.47 Å². The van der Waals surface area contributed by atoms with Crippen LogP contribution in [0.15, 0.2) is 46.2 Å². The molecule has 3 aliphatic heterocycles. The number of carbonyl (C=O) groups excluding carboxylic acids is 5. The van der Waals surface area contributed by atoms with E-state index in [9.17, 15) is 29.1 Å². The Morgan fingerprint density at radius 1 is 1.22 bits per heavy atom. The predicted molar refractivity (Wildman–Crippen MR) is 173 cm³/mol. The normalized spacial score (nSPS) is 21.4. The number of ketones is 1. The number of aliphatic hydroxyl groups excluding tert-OH is 1. The summed E-state index contributed by atoms with van der Waals surface area (Å²) in [6.45, 7) is 5.09. The number of fused-ring (bicyclic) bond motifs is 1. The van der Waals surface area contributed by atoms with Crippen molar-refractivity contribution in [1.82, 2.24) is 24.9 Å². The third-order valence-corrected chi connectivity index (χ3v) is 10.6. The van der Waals surface area contributed by atoms with Gasteiger partial charge >= 0.3 is 11.9 Å². The number of hydrogen-bond donors (Lipinski definition) is 3. The predicted octanol–water partition coefficient (Wildman–Crippen LogP) is 2.46. The number of carbonyl (C=O) groups is 5. The van der Waals surface area contributed by atoms with E-state index in [1.165, 1.54) is 52.3 Å². The van der Waals surface area contributed by atoms with Crippen LogP contribution in [0.3, 0.4) is 0 Å². The Morgan fingerprint density at radius 3 is 2.65 bits per heavy atom. The van der Waals surface area contributed by atoms with Crippen molar-refractivity contribution in [2.45, 2.75) is 61.5 Å². The smallest absolute Gasteiger partial charge is 0.357 e. The van der Waals surface area contributed by atoms with Gasteiger partial charge in [0, 0.05) is 22.6 Å². The van der Waals surface area contributed by atoms with Crippen molar-refractivity contribution in [3.8, 4) is 0 Å².